The molecule has 0 saturated carbocycles. The van der Waals surface area contributed by atoms with Crippen LogP contribution in [0.1, 0.15) is 17.4 Å². The Labute approximate surface area is 172 Å². The Morgan fingerprint density at radius 3 is 3.00 bits per heavy atom. The Kier molecular flexibility index (Phi) is 4.65. The lowest BCUT2D eigenvalue weighted by atomic mass is 10.1. The molecule has 0 saturated heterocycles. The number of rotatable bonds is 5. The van der Waals surface area contributed by atoms with Gasteiger partial charge in [0.25, 0.3) is 5.56 Å². The van der Waals surface area contributed by atoms with Crippen molar-refractivity contribution in [1.29, 1.82) is 0 Å². The van der Waals surface area contributed by atoms with E-state index in [4.69, 9.17) is 0 Å². The number of thiophene rings is 1. The van der Waals surface area contributed by atoms with Gasteiger partial charge in [-0.3, -0.25) is 14.7 Å². The zero-order valence-electron chi connectivity index (χ0n) is 16.1. The van der Waals surface area contributed by atoms with Crippen LogP contribution in [0.15, 0.2) is 52.8 Å². The highest BCUT2D eigenvalue weighted by molar-refractivity contribution is 7.10. The fraction of sp³-hybridized carbons (Fsp3) is 0.286. The van der Waals surface area contributed by atoms with Crippen molar-refractivity contribution in [3.63, 3.8) is 0 Å². The third kappa shape index (κ3) is 3.45. The molecule has 0 bridgehead atoms. The summed E-state index contributed by atoms with van der Waals surface area (Å²) >= 11 is 1.85. The Morgan fingerprint density at radius 2 is 2.14 bits per heavy atom. The van der Waals surface area contributed by atoms with Crippen LogP contribution in [0.25, 0.3) is 16.7 Å². The van der Waals surface area contributed by atoms with E-state index in [1.165, 1.54) is 10.4 Å². The summed E-state index contributed by atoms with van der Waals surface area (Å²) in [5.41, 5.74) is 2.68. The van der Waals surface area contributed by atoms with Crippen molar-refractivity contribution >= 4 is 28.3 Å². The van der Waals surface area contributed by atoms with Crippen molar-refractivity contribution in [1.82, 2.24) is 24.6 Å². The normalized spacial score (nSPS) is 15.3. The summed E-state index contributed by atoms with van der Waals surface area (Å²) in [6.45, 7) is 4.94. The van der Waals surface area contributed by atoms with Crippen LogP contribution >= 0.6 is 11.3 Å². The monoisotopic (exact) mass is 406 g/mol. The van der Waals surface area contributed by atoms with E-state index in [1.54, 1.807) is 10.9 Å². The topological polar surface area (TPSA) is 78.8 Å². The number of hydrogen-bond acceptors (Lipinski definition) is 6. The number of benzene rings is 1. The van der Waals surface area contributed by atoms with Crippen LogP contribution in [0.3, 0.4) is 0 Å². The van der Waals surface area contributed by atoms with Crippen LogP contribution in [0.5, 0.6) is 0 Å². The molecule has 0 amide bonds. The molecule has 5 rings (SSSR count). The summed E-state index contributed by atoms with van der Waals surface area (Å²) in [5.74, 6) is 0.472. The summed E-state index contributed by atoms with van der Waals surface area (Å²) in [7, 11) is 0. The Morgan fingerprint density at radius 1 is 1.28 bits per heavy atom. The minimum absolute atomic E-state index is 0.187. The molecule has 148 valence electrons. The van der Waals surface area contributed by atoms with E-state index in [1.807, 2.05) is 41.7 Å². The van der Waals surface area contributed by atoms with Crippen molar-refractivity contribution in [2.24, 2.45) is 0 Å². The molecule has 0 aliphatic carbocycles. The van der Waals surface area contributed by atoms with Gasteiger partial charge >= 0.3 is 0 Å². The first-order chi connectivity index (χ1) is 14.2. The molecule has 1 unspecified atom stereocenters. The number of H-pyrrole nitrogens is 1. The van der Waals surface area contributed by atoms with Crippen LogP contribution in [-0.4, -0.2) is 43.8 Å². The third-order valence-electron chi connectivity index (χ3n) is 5.46. The first-order valence-electron chi connectivity index (χ1n) is 9.75. The van der Waals surface area contributed by atoms with E-state index in [2.05, 4.69) is 43.7 Å². The maximum atomic E-state index is 12.5. The van der Waals surface area contributed by atoms with Crippen LogP contribution in [0.4, 0.5) is 5.95 Å². The predicted molar refractivity (Wildman–Crippen MR) is 116 cm³/mol. The van der Waals surface area contributed by atoms with Crippen LogP contribution in [0.2, 0.25) is 0 Å². The summed E-state index contributed by atoms with van der Waals surface area (Å²) in [5, 5.41) is 10.3. The predicted octanol–water partition coefficient (Wildman–Crippen LogP) is 3.03. The van der Waals surface area contributed by atoms with Crippen LogP contribution in [-0.2, 0) is 13.0 Å². The van der Waals surface area contributed by atoms with Crippen molar-refractivity contribution in [2.75, 3.05) is 18.4 Å². The Balaban J connectivity index is 1.35. The molecule has 4 heterocycles. The van der Waals surface area contributed by atoms with E-state index in [0.717, 1.165) is 25.2 Å². The van der Waals surface area contributed by atoms with Gasteiger partial charge in [-0.15, -0.1) is 11.3 Å². The van der Waals surface area contributed by atoms with E-state index >= 15 is 0 Å². The molecule has 0 fully saturated rings. The van der Waals surface area contributed by atoms with Crippen LogP contribution in [0, 0.1) is 0 Å². The van der Waals surface area contributed by atoms with Crippen molar-refractivity contribution in [3.05, 3.63) is 68.8 Å². The van der Waals surface area contributed by atoms with Gasteiger partial charge in [0.1, 0.15) is 5.39 Å². The summed E-state index contributed by atoms with van der Waals surface area (Å²) in [6.07, 6.45) is 2.67. The van der Waals surface area contributed by atoms with Crippen molar-refractivity contribution < 1.29 is 0 Å². The molecular weight excluding hydrogens is 384 g/mol. The molecule has 1 aromatic carbocycles. The number of nitrogens with one attached hydrogen (secondary N) is 2. The number of fused-ring (bicyclic) bond motifs is 2. The second-order valence-electron chi connectivity index (χ2n) is 7.36. The van der Waals surface area contributed by atoms with Gasteiger partial charge in [-0.2, -0.15) is 10.1 Å². The number of hydrogen-bond donors (Lipinski definition) is 2. The molecule has 0 spiro atoms. The second-order valence-corrected chi connectivity index (χ2v) is 8.36. The fourth-order valence-corrected chi connectivity index (χ4v) is 4.67. The Bertz CT molecular complexity index is 1190. The van der Waals surface area contributed by atoms with Crippen molar-refractivity contribution in [3.8, 4) is 5.69 Å². The quantitative estimate of drug-likeness (QED) is 0.533. The smallest absolute Gasteiger partial charge is 0.263 e. The van der Waals surface area contributed by atoms with Gasteiger partial charge in [0, 0.05) is 30.6 Å². The maximum Gasteiger partial charge on any atom is 0.263 e. The third-order valence-corrected chi connectivity index (χ3v) is 6.49. The standard InChI is InChI=1S/C21H22N6OS/c1-14(26-9-7-18-15(13-26)8-10-29-18)11-22-21-24-19-17(20(28)25-21)12-23-27(19)16-5-3-2-4-6-16/h2-6,8,10,12,14H,7,9,11,13H2,1H3,(H2,22,24,25,28). The zero-order valence-corrected chi connectivity index (χ0v) is 16.9. The average molecular weight is 407 g/mol. The van der Waals surface area contributed by atoms with E-state index < -0.39 is 0 Å². The van der Waals surface area contributed by atoms with Gasteiger partial charge in [-0.1, -0.05) is 18.2 Å². The largest absolute Gasteiger partial charge is 0.354 e. The van der Waals surface area contributed by atoms with Gasteiger partial charge in [-0.05, 0) is 42.5 Å². The molecule has 1 aliphatic heterocycles. The molecule has 3 aromatic heterocycles. The number of nitrogens with zero attached hydrogens (tertiary/aromatic N) is 4. The molecule has 7 nitrogen and oxygen atoms in total. The Hall–Kier alpha value is -2.97. The second kappa shape index (κ2) is 7.46. The molecule has 1 aliphatic rings. The van der Waals surface area contributed by atoms with Gasteiger partial charge in [0.2, 0.25) is 5.95 Å². The highest BCUT2D eigenvalue weighted by Gasteiger charge is 2.21. The molecule has 4 aromatic rings. The number of anilines is 1. The SMILES string of the molecule is CC(CNc1nc2c(cnn2-c2ccccc2)c(=O)[nH]1)N1CCc2sccc2C1. The minimum atomic E-state index is -0.187. The molecule has 2 N–H and O–H groups in total. The minimum Gasteiger partial charge on any atom is -0.354 e. The lowest BCUT2D eigenvalue weighted by molar-refractivity contribution is 0.200. The van der Waals surface area contributed by atoms with Crippen LogP contribution < -0.4 is 10.9 Å². The number of para-hydroxylation sites is 1. The molecule has 0 radical (unpaired) electrons. The summed E-state index contributed by atoms with van der Waals surface area (Å²) in [4.78, 5) is 23.9. The molecule has 1 atom stereocenters. The highest BCUT2D eigenvalue weighted by atomic mass is 32.1. The van der Waals surface area contributed by atoms with Gasteiger partial charge in [-0.25, -0.2) is 4.68 Å². The van der Waals surface area contributed by atoms with Gasteiger partial charge in [0.05, 0.1) is 11.9 Å². The van der Waals surface area contributed by atoms with E-state index in [9.17, 15) is 4.79 Å². The fourth-order valence-electron chi connectivity index (χ4n) is 3.78. The maximum absolute atomic E-state index is 12.5. The number of aromatic nitrogens is 4. The highest BCUT2D eigenvalue weighted by Crippen LogP contribution is 2.25. The first-order valence-corrected chi connectivity index (χ1v) is 10.6. The van der Waals surface area contributed by atoms with Crippen molar-refractivity contribution in [2.45, 2.75) is 25.9 Å². The average Bonchev–Trinajstić information content (AvgIpc) is 3.39. The van der Waals surface area contributed by atoms with E-state index in [0.29, 0.717) is 29.6 Å². The van der Waals surface area contributed by atoms with E-state index in [-0.39, 0.29) is 5.56 Å². The first kappa shape index (κ1) is 18.1. The van der Waals surface area contributed by atoms with Gasteiger partial charge in [0.15, 0.2) is 5.65 Å². The molecular formula is C21H22N6OS. The lowest BCUT2D eigenvalue weighted by Crippen LogP contribution is -2.41. The summed E-state index contributed by atoms with van der Waals surface area (Å²) < 4.78 is 1.70. The van der Waals surface area contributed by atoms with Gasteiger partial charge < -0.3 is 5.32 Å². The number of aromatic amines is 1. The zero-order chi connectivity index (χ0) is 19.8. The molecule has 29 heavy (non-hydrogen) atoms. The lowest BCUT2D eigenvalue weighted by Gasteiger charge is -2.32. The summed E-state index contributed by atoms with van der Waals surface area (Å²) in [6, 6.07) is 12.3. The molecule has 8 heteroatoms.